The minimum absolute atomic E-state index is 0.0310. The van der Waals surface area contributed by atoms with Crippen LogP contribution in [0.5, 0.6) is 0 Å². The van der Waals surface area contributed by atoms with E-state index in [9.17, 15) is 9.90 Å². The Morgan fingerprint density at radius 1 is 1.28 bits per heavy atom. The maximum absolute atomic E-state index is 12.1. The topological polar surface area (TPSA) is 40.5 Å². The molecule has 3 heteroatoms. The lowest BCUT2D eigenvalue weighted by Crippen LogP contribution is -2.38. The van der Waals surface area contributed by atoms with Gasteiger partial charge in [-0.05, 0) is 17.9 Å². The third-order valence-electron chi connectivity index (χ3n) is 3.27. The van der Waals surface area contributed by atoms with Crippen molar-refractivity contribution in [1.82, 2.24) is 4.90 Å². The highest BCUT2D eigenvalue weighted by Crippen LogP contribution is 2.13. The normalized spacial score (nSPS) is 12.5. The van der Waals surface area contributed by atoms with E-state index in [1.807, 2.05) is 32.0 Å². The Morgan fingerprint density at radius 3 is 2.39 bits per heavy atom. The van der Waals surface area contributed by atoms with Crippen LogP contribution in [-0.2, 0) is 11.2 Å². The van der Waals surface area contributed by atoms with Crippen LogP contribution in [0.15, 0.2) is 30.3 Å². The second-order valence-corrected chi connectivity index (χ2v) is 5.03. The van der Waals surface area contributed by atoms with Gasteiger partial charge in [0.25, 0.3) is 0 Å². The molecule has 0 spiro atoms. The summed E-state index contributed by atoms with van der Waals surface area (Å²) in [4.78, 5) is 13.8. The lowest BCUT2D eigenvalue weighted by Gasteiger charge is -2.24. The average molecular weight is 249 g/mol. The van der Waals surface area contributed by atoms with E-state index < -0.39 is 0 Å². The number of aliphatic hydroxyl groups is 1. The molecule has 1 rings (SSSR count). The van der Waals surface area contributed by atoms with Gasteiger partial charge in [-0.1, -0.05) is 44.2 Å². The van der Waals surface area contributed by atoms with Gasteiger partial charge in [-0.25, -0.2) is 0 Å². The third-order valence-corrected chi connectivity index (χ3v) is 3.27. The van der Waals surface area contributed by atoms with Crippen molar-refractivity contribution in [2.24, 2.45) is 11.8 Å². The van der Waals surface area contributed by atoms with Crippen LogP contribution in [-0.4, -0.2) is 36.1 Å². The fourth-order valence-electron chi connectivity index (χ4n) is 1.91. The van der Waals surface area contributed by atoms with Crippen LogP contribution in [0.3, 0.4) is 0 Å². The summed E-state index contributed by atoms with van der Waals surface area (Å²) < 4.78 is 0. The number of aliphatic hydroxyl groups excluding tert-OH is 1. The molecule has 1 N–H and O–H groups in total. The highest BCUT2D eigenvalue weighted by molar-refractivity contribution is 5.78. The Hall–Kier alpha value is -1.35. The second kappa shape index (κ2) is 7.17. The first-order chi connectivity index (χ1) is 8.56. The Bertz CT molecular complexity index is 362. The van der Waals surface area contributed by atoms with Gasteiger partial charge in [0.2, 0.25) is 5.91 Å². The Morgan fingerprint density at radius 2 is 1.89 bits per heavy atom. The molecule has 3 nitrogen and oxygen atoms in total. The molecule has 18 heavy (non-hydrogen) atoms. The molecule has 0 aliphatic heterocycles. The molecule has 0 aliphatic rings. The van der Waals surface area contributed by atoms with E-state index in [1.54, 1.807) is 11.9 Å². The van der Waals surface area contributed by atoms with Crippen molar-refractivity contribution < 1.29 is 9.90 Å². The zero-order valence-corrected chi connectivity index (χ0v) is 11.5. The van der Waals surface area contributed by atoms with Gasteiger partial charge in [-0.2, -0.15) is 0 Å². The highest BCUT2D eigenvalue weighted by Gasteiger charge is 2.24. The van der Waals surface area contributed by atoms with E-state index >= 15 is 0 Å². The monoisotopic (exact) mass is 249 g/mol. The zero-order valence-electron chi connectivity index (χ0n) is 11.5. The summed E-state index contributed by atoms with van der Waals surface area (Å²) in [7, 11) is 1.80. The molecule has 1 amide bonds. The minimum Gasteiger partial charge on any atom is -0.396 e. The van der Waals surface area contributed by atoms with Crippen LogP contribution in [0.4, 0.5) is 0 Å². The number of rotatable bonds is 6. The fraction of sp³-hybridized carbons (Fsp3) is 0.533. The number of hydrogen-bond acceptors (Lipinski definition) is 2. The van der Waals surface area contributed by atoms with E-state index in [0.717, 1.165) is 6.42 Å². The molecule has 0 saturated carbocycles. The number of likely N-dealkylation sites (N-methyl/N-ethyl adjacent to an activating group) is 1. The van der Waals surface area contributed by atoms with Gasteiger partial charge in [0.1, 0.15) is 0 Å². The standard InChI is InChI=1S/C15H23NO2/c1-12(2)14(11-17)15(18)16(3)10-9-13-7-5-4-6-8-13/h4-8,12,14,17H,9-11H2,1-3H3. The fourth-order valence-corrected chi connectivity index (χ4v) is 1.91. The van der Waals surface area contributed by atoms with E-state index in [4.69, 9.17) is 0 Å². The van der Waals surface area contributed by atoms with Gasteiger partial charge in [-0.15, -0.1) is 0 Å². The lowest BCUT2D eigenvalue weighted by atomic mass is 9.95. The van der Waals surface area contributed by atoms with E-state index in [-0.39, 0.29) is 24.3 Å². The largest absolute Gasteiger partial charge is 0.396 e. The molecule has 0 radical (unpaired) electrons. The second-order valence-electron chi connectivity index (χ2n) is 5.03. The Labute approximate surface area is 109 Å². The van der Waals surface area contributed by atoms with Crippen LogP contribution in [0.1, 0.15) is 19.4 Å². The molecule has 0 aliphatic carbocycles. The Balaban J connectivity index is 2.50. The van der Waals surface area contributed by atoms with E-state index in [1.165, 1.54) is 5.56 Å². The first-order valence-electron chi connectivity index (χ1n) is 6.46. The maximum Gasteiger partial charge on any atom is 0.228 e. The molecule has 100 valence electrons. The van der Waals surface area contributed by atoms with E-state index in [2.05, 4.69) is 12.1 Å². The van der Waals surface area contributed by atoms with Crippen molar-refractivity contribution in [3.63, 3.8) is 0 Å². The summed E-state index contributed by atoms with van der Waals surface area (Å²) >= 11 is 0. The van der Waals surface area contributed by atoms with Crippen molar-refractivity contribution >= 4 is 5.91 Å². The average Bonchev–Trinajstić information content (AvgIpc) is 2.37. The van der Waals surface area contributed by atoms with Crippen molar-refractivity contribution in [3.8, 4) is 0 Å². The molecule has 1 atom stereocenters. The molecule has 1 unspecified atom stereocenters. The van der Waals surface area contributed by atoms with Crippen LogP contribution in [0, 0.1) is 11.8 Å². The first kappa shape index (κ1) is 14.7. The SMILES string of the molecule is CC(C)C(CO)C(=O)N(C)CCc1ccccc1. The predicted molar refractivity (Wildman–Crippen MR) is 73.2 cm³/mol. The summed E-state index contributed by atoms with van der Waals surface area (Å²) in [6.45, 7) is 4.53. The number of carbonyl (C=O) groups is 1. The van der Waals surface area contributed by atoms with Gasteiger partial charge < -0.3 is 10.0 Å². The molecule has 0 aromatic heterocycles. The van der Waals surface area contributed by atoms with Crippen molar-refractivity contribution in [1.29, 1.82) is 0 Å². The number of hydrogen-bond donors (Lipinski definition) is 1. The zero-order chi connectivity index (χ0) is 13.5. The molecule has 0 saturated heterocycles. The lowest BCUT2D eigenvalue weighted by molar-refractivity contribution is -0.137. The first-order valence-corrected chi connectivity index (χ1v) is 6.46. The molecule has 1 aromatic rings. The summed E-state index contributed by atoms with van der Waals surface area (Å²) in [6, 6.07) is 10.1. The summed E-state index contributed by atoms with van der Waals surface area (Å²) in [5, 5.41) is 9.25. The van der Waals surface area contributed by atoms with Crippen molar-refractivity contribution in [2.45, 2.75) is 20.3 Å². The molecule has 0 heterocycles. The van der Waals surface area contributed by atoms with Crippen LogP contribution in [0.25, 0.3) is 0 Å². The molecule has 1 aromatic carbocycles. The number of benzene rings is 1. The predicted octanol–water partition coefficient (Wildman–Crippen LogP) is 1.95. The number of amides is 1. The summed E-state index contributed by atoms with van der Waals surface area (Å²) in [5.74, 6) is -0.0871. The summed E-state index contributed by atoms with van der Waals surface area (Å²) in [6.07, 6.45) is 0.847. The molecular formula is C15H23NO2. The van der Waals surface area contributed by atoms with Gasteiger partial charge in [-0.3, -0.25) is 4.79 Å². The number of nitrogens with zero attached hydrogens (tertiary/aromatic N) is 1. The Kier molecular flexibility index (Phi) is 5.86. The smallest absolute Gasteiger partial charge is 0.228 e. The van der Waals surface area contributed by atoms with Gasteiger partial charge >= 0.3 is 0 Å². The summed E-state index contributed by atoms with van der Waals surface area (Å²) in [5.41, 5.74) is 1.22. The highest BCUT2D eigenvalue weighted by atomic mass is 16.3. The van der Waals surface area contributed by atoms with Crippen molar-refractivity contribution in [2.75, 3.05) is 20.2 Å². The van der Waals surface area contributed by atoms with Crippen molar-refractivity contribution in [3.05, 3.63) is 35.9 Å². The third kappa shape index (κ3) is 4.15. The number of carbonyl (C=O) groups excluding carboxylic acids is 1. The van der Waals surface area contributed by atoms with Gasteiger partial charge in [0.05, 0.1) is 12.5 Å². The quantitative estimate of drug-likeness (QED) is 0.837. The molecule has 0 fully saturated rings. The van der Waals surface area contributed by atoms with Crippen LogP contribution >= 0.6 is 0 Å². The van der Waals surface area contributed by atoms with Crippen LogP contribution in [0.2, 0.25) is 0 Å². The van der Waals surface area contributed by atoms with Gasteiger partial charge in [0.15, 0.2) is 0 Å². The van der Waals surface area contributed by atoms with E-state index in [0.29, 0.717) is 6.54 Å². The van der Waals surface area contributed by atoms with Gasteiger partial charge in [0, 0.05) is 13.6 Å². The molecule has 0 bridgehead atoms. The minimum atomic E-state index is -0.286. The van der Waals surface area contributed by atoms with Crippen LogP contribution < -0.4 is 0 Å². The molecular weight excluding hydrogens is 226 g/mol. The maximum atomic E-state index is 12.1.